The summed E-state index contributed by atoms with van der Waals surface area (Å²) in [5.41, 5.74) is -0.210. The average Bonchev–Trinajstić information content (AvgIpc) is 2.01. The normalized spacial score (nSPS) is 9.86. The van der Waals surface area contributed by atoms with Gasteiger partial charge in [0.05, 0.1) is 12.2 Å². The Kier molecular flexibility index (Phi) is 3.52. The van der Waals surface area contributed by atoms with Crippen LogP contribution in [0.1, 0.15) is 17.3 Å². The summed E-state index contributed by atoms with van der Waals surface area (Å²) in [5, 5.41) is -0.104. The maximum Gasteiger partial charge on any atom is 0.339 e. The van der Waals surface area contributed by atoms with Crippen molar-refractivity contribution < 1.29 is 9.53 Å². The Balaban J connectivity index is 3.14. The van der Waals surface area contributed by atoms with Gasteiger partial charge in [0.1, 0.15) is 15.7 Å². The lowest BCUT2D eigenvalue weighted by molar-refractivity contribution is 0.0529. The van der Waals surface area contributed by atoms with Gasteiger partial charge in [-0.1, -0.05) is 0 Å². The van der Waals surface area contributed by atoms with Crippen LogP contribution in [0.15, 0.2) is 0 Å². The van der Waals surface area contributed by atoms with E-state index >= 15 is 0 Å². The third kappa shape index (κ3) is 2.26. The van der Waals surface area contributed by atoms with Gasteiger partial charge in [0, 0.05) is 11.2 Å². The summed E-state index contributed by atoms with van der Waals surface area (Å²) in [6.45, 7) is 1.89. The highest BCUT2D eigenvalue weighted by molar-refractivity contribution is 6.43. The minimum absolute atomic E-state index is 0.0451. The highest BCUT2D eigenvalue weighted by atomic mass is 35.5. The van der Waals surface area contributed by atoms with Crippen molar-refractivity contribution in [2.75, 3.05) is 6.61 Å². The van der Waals surface area contributed by atoms with Gasteiger partial charge in [0.25, 0.3) is 0 Å². The molecule has 0 atom stereocenters. The number of esters is 1. The van der Waals surface area contributed by atoms with E-state index in [0.717, 1.165) is 0 Å². The van der Waals surface area contributed by atoms with E-state index in [2.05, 4.69) is 9.97 Å². The number of carbonyl (C=O) groups excluding carboxylic acids is 1. The molecular weight excluding hydrogens is 201 g/mol. The lowest BCUT2D eigenvalue weighted by Crippen LogP contribution is -2.33. The average molecular weight is 206 g/mol. The van der Waals surface area contributed by atoms with Crippen LogP contribution in [0.4, 0.5) is 0 Å². The lowest BCUT2D eigenvalue weighted by Gasteiger charge is -2.08. The Hall–Kier alpha value is -1.03. The molecule has 0 aliphatic heterocycles. The fourth-order valence-corrected chi connectivity index (χ4v) is 1.06. The Morgan fingerprint density at radius 3 is 2.36 bits per heavy atom. The second-order valence-electron chi connectivity index (χ2n) is 2.36. The van der Waals surface area contributed by atoms with Gasteiger partial charge in [-0.15, -0.1) is 0 Å². The summed E-state index contributed by atoms with van der Waals surface area (Å²) in [6, 6.07) is 0. The lowest BCUT2D eigenvalue weighted by atomic mass is 9.89. The zero-order valence-corrected chi connectivity index (χ0v) is 8.21. The molecule has 1 aromatic heterocycles. The molecule has 0 saturated carbocycles. The van der Waals surface area contributed by atoms with E-state index in [1.807, 2.05) is 0 Å². The van der Waals surface area contributed by atoms with E-state index in [0.29, 0.717) is 0 Å². The molecule has 0 spiro atoms. The monoisotopic (exact) mass is 206 g/mol. The number of nitrogens with zero attached hydrogens (tertiary/aromatic N) is 2. The Morgan fingerprint density at radius 1 is 1.43 bits per heavy atom. The Labute approximate surface area is 88.8 Å². The smallest absolute Gasteiger partial charge is 0.339 e. The molecule has 0 aliphatic rings. The second kappa shape index (κ2) is 4.46. The van der Waals surface area contributed by atoms with Crippen molar-refractivity contribution in [2.45, 2.75) is 6.92 Å². The van der Waals surface area contributed by atoms with Crippen molar-refractivity contribution >= 4 is 44.4 Å². The SMILES string of the molecule is [B]c1nc(Cl)nc([B])c1C(=O)OCC. The van der Waals surface area contributed by atoms with Gasteiger partial charge in [-0.25, -0.2) is 14.8 Å². The quantitative estimate of drug-likeness (QED) is 0.350. The van der Waals surface area contributed by atoms with Crippen LogP contribution in [0.5, 0.6) is 0 Å². The van der Waals surface area contributed by atoms with Crippen LogP contribution in [-0.4, -0.2) is 38.2 Å². The van der Waals surface area contributed by atoms with Crippen molar-refractivity contribution in [3.8, 4) is 0 Å². The molecule has 68 valence electrons. The molecule has 0 saturated heterocycles. The first-order valence-corrected chi connectivity index (χ1v) is 4.19. The topological polar surface area (TPSA) is 52.1 Å². The molecule has 0 unspecified atom stereocenters. The number of carbonyl (C=O) groups is 1. The van der Waals surface area contributed by atoms with E-state index < -0.39 is 5.97 Å². The van der Waals surface area contributed by atoms with Gasteiger partial charge in [-0.3, -0.25) is 0 Å². The molecule has 0 bridgehead atoms. The number of hydrogen-bond donors (Lipinski definition) is 0. The third-order valence-corrected chi connectivity index (χ3v) is 1.59. The highest BCUT2D eigenvalue weighted by Crippen LogP contribution is 1.97. The first-order chi connectivity index (χ1) is 6.56. The fraction of sp³-hybridized carbons (Fsp3) is 0.286. The molecular formula is C7H5B2ClN2O2. The summed E-state index contributed by atoms with van der Waals surface area (Å²) in [5.74, 6) is -0.654. The molecule has 0 N–H and O–H groups in total. The van der Waals surface area contributed by atoms with E-state index in [1.165, 1.54) is 0 Å². The van der Waals surface area contributed by atoms with Crippen LogP contribution in [0.25, 0.3) is 0 Å². The van der Waals surface area contributed by atoms with E-state index in [1.54, 1.807) is 6.92 Å². The summed E-state index contributed by atoms with van der Waals surface area (Å²) in [7, 11) is 10.9. The molecule has 7 heteroatoms. The van der Waals surface area contributed by atoms with Crippen LogP contribution in [0.2, 0.25) is 5.28 Å². The van der Waals surface area contributed by atoms with Crippen molar-refractivity contribution in [1.29, 1.82) is 0 Å². The maximum absolute atomic E-state index is 11.3. The van der Waals surface area contributed by atoms with E-state index in [-0.39, 0.29) is 28.6 Å². The van der Waals surface area contributed by atoms with Gasteiger partial charge in [-0.2, -0.15) is 0 Å². The first kappa shape index (κ1) is 11.0. The van der Waals surface area contributed by atoms with Crippen molar-refractivity contribution in [2.24, 2.45) is 0 Å². The summed E-state index contributed by atoms with van der Waals surface area (Å²) in [4.78, 5) is 18.5. The number of halogens is 1. The van der Waals surface area contributed by atoms with Crippen LogP contribution in [0.3, 0.4) is 0 Å². The third-order valence-electron chi connectivity index (χ3n) is 1.42. The predicted molar refractivity (Wildman–Crippen MR) is 53.8 cm³/mol. The first-order valence-electron chi connectivity index (χ1n) is 3.81. The summed E-state index contributed by atoms with van der Waals surface area (Å²) >= 11 is 5.47. The molecule has 14 heavy (non-hydrogen) atoms. The standard InChI is InChI=1S/C7H5B2ClN2O2/c1-2-14-6(13)3-4(8)11-7(10)12-5(3)9/h2H2,1H3. The second-order valence-corrected chi connectivity index (χ2v) is 2.70. The Morgan fingerprint density at radius 2 is 1.93 bits per heavy atom. The van der Waals surface area contributed by atoms with Crippen molar-refractivity contribution in [3.05, 3.63) is 10.8 Å². The predicted octanol–water partition coefficient (Wildman–Crippen LogP) is -1.11. The van der Waals surface area contributed by atoms with Gasteiger partial charge in [0.2, 0.25) is 5.28 Å². The van der Waals surface area contributed by atoms with Crippen LogP contribution < -0.4 is 11.2 Å². The minimum Gasteiger partial charge on any atom is -0.462 e. The Bertz CT molecular complexity index is 350. The number of rotatable bonds is 2. The molecule has 0 aliphatic carbocycles. The largest absolute Gasteiger partial charge is 0.462 e. The summed E-state index contributed by atoms with van der Waals surface area (Å²) < 4.78 is 4.71. The zero-order chi connectivity index (χ0) is 10.7. The molecule has 4 nitrogen and oxygen atoms in total. The zero-order valence-electron chi connectivity index (χ0n) is 7.45. The van der Waals surface area contributed by atoms with Gasteiger partial charge >= 0.3 is 5.97 Å². The van der Waals surface area contributed by atoms with Gasteiger partial charge < -0.3 is 4.74 Å². The number of hydrogen-bond acceptors (Lipinski definition) is 4. The van der Waals surface area contributed by atoms with Gasteiger partial charge in [-0.05, 0) is 18.5 Å². The molecule has 0 amide bonds. The number of ether oxygens (including phenoxy) is 1. The molecule has 0 fully saturated rings. The van der Waals surface area contributed by atoms with Crippen LogP contribution >= 0.6 is 11.6 Å². The molecule has 1 rings (SSSR count). The molecule has 1 aromatic rings. The minimum atomic E-state index is -0.654. The molecule has 4 radical (unpaired) electrons. The van der Waals surface area contributed by atoms with Crippen LogP contribution in [0, 0.1) is 0 Å². The van der Waals surface area contributed by atoms with E-state index in [4.69, 9.17) is 32.0 Å². The van der Waals surface area contributed by atoms with Crippen molar-refractivity contribution in [1.82, 2.24) is 9.97 Å². The highest BCUT2D eigenvalue weighted by Gasteiger charge is 2.15. The van der Waals surface area contributed by atoms with Gasteiger partial charge in [0.15, 0.2) is 0 Å². The van der Waals surface area contributed by atoms with Crippen molar-refractivity contribution in [3.63, 3.8) is 0 Å². The summed E-state index contributed by atoms with van der Waals surface area (Å²) in [6.07, 6.45) is 0. The maximum atomic E-state index is 11.3. The van der Waals surface area contributed by atoms with Crippen LogP contribution in [-0.2, 0) is 4.74 Å². The number of aromatic nitrogens is 2. The van der Waals surface area contributed by atoms with E-state index in [9.17, 15) is 4.79 Å². The molecule has 1 heterocycles. The molecule has 0 aromatic carbocycles. The fourth-order valence-electron chi connectivity index (χ4n) is 0.879.